The number of aromatic nitrogens is 1. The molecule has 3 aromatic carbocycles. The molecule has 1 aliphatic carbocycles. The van der Waals surface area contributed by atoms with Gasteiger partial charge in [-0.05, 0) is 79.9 Å². The fourth-order valence-corrected chi connectivity index (χ4v) is 6.73. The summed E-state index contributed by atoms with van der Waals surface area (Å²) in [6, 6.07) is 19.6. The van der Waals surface area contributed by atoms with Crippen LogP contribution in [0.25, 0.3) is 20.8 Å². The molecule has 1 atom stereocenters. The number of rotatable bonds is 6. The number of amides is 3. The van der Waals surface area contributed by atoms with Gasteiger partial charge in [0, 0.05) is 17.2 Å². The molecule has 4 aromatic rings. The van der Waals surface area contributed by atoms with Crippen LogP contribution in [0.5, 0.6) is 5.75 Å². The molecule has 1 aliphatic heterocycles. The molecular weight excluding hydrogens is 510 g/mol. The highest BCUT2D eigenvalue weighted by atomic mass is 32.1. The predicted octanol–water partition coefficient (Wildman–Crippen LogP) is 6.00. The topological polar surface area (TPSA) is 79.8 Å². The van der Waals surface area contributed by atoms with Crippen LogP contribution >= 0.6 is 11.3 Å². The first-order valence-corrected chi connectivity index (χ1v) is 14.1. The summed E-state index contributed by atoms with van der Waals surface area (Å²) in [6.07, 6.45) is 3.62. The number of ether oxygens (including phenoxy) is 1. The second-order valence-electron chi connectivity index (χ2n) is 10.2. The number of benzene rings is 3. The van der Waals surface area contributed by atoms with Gasteiger partial charge in [-0.1, -0.05) is 25.0 Å². The van der Waals surface area contributed by atoms with E-state index >= 15 is 0 Å². The van der Waals surface area contributed by atoms with Gasteiger partial charge in [0.1, 0.15) is 16.8 Å². The lowest BCUT2D eigenvalue weighted by atomic mass is 10.1. The Labute approximate surface area is 231 Å². The number of hydrogen-bond donors (Lipinski definition) is 0. The average molecular weight is 540 g/mol. The number of carbonyl (C=O) groups is 3. The van der Waals surface area contributed by atoms with Crippen molar-refractivity contribution in [2.24, 2.45) is 0 Å². The van der Waals surface area contributed by atoms with Gasteiger partial charge < -0.3 is 9.64 Å². The minimum absolute atomic E-state index is 0.0238. The van der Waals surface area contributed by atoms with Crippen LogP contribution in [-0.2, 0) is 9.59 Å². The van der Waals surface area contributed by atoms with Crippen molar-refractivity contribution in [2.45, 2.75) is 51.1 Å². The van der Waals surface area contributed by atoms with Crippen LogP contribution in [0.2, 0.25) is 0 Å². The SMILES string of the molecule is COc1cccc(C(=O)N(C2CCCC2)C2CC(=O)N(c3ccc(-c4nc5ccc(C)cc5s4)cc3)C2=O)c1. The predicted molar refractivity (Wildman–Crippen MR) is 152 cm³/mol. The highest BCUT2D eigenvalue weighted by Gasteiger charge is 2.47. The molecule has 198 valence electrons. The van der Waals surface area contributed by atoms with Crippen LogP contribution in [0.15, 0.2) is 66.7 Å². The van der Waals surface area contributed by atoms with E-state index in [4.69, 9.17) is 9.72 Å². The zero-order valence-electron chi connectivity index (χ0n) is 21.9. The van der Waals surface area contributed by atoms with E-state index in [9.17, 15) is 14.4 Å². The summed E-state index contributed by atoms with van der Waals surface area (Å²) >= 11 is 1.61. The van der Waals surface area contributed by atoms with Crippen LogP contribution < -0.4 is 9.64 Å². The molecule has 39 heavy (non-hydrogen) atoms. The molecule has 6 rings (SSSR count). The number of fused-ring (bicyclic) bond motifs is 1. The van der Waals surface area contributed by atoms with Crippen molar-refractivity contribution in [2.75, 3.05) is 12.0 Å². The number of hydrogen-bond acceptors (Lipinski definition) is 6. The van der Waals surface area contributed by atoms with E-state index < -0.39 is 6.04 Å². The molecular formula is C31H29N3O4S. The smallest absolute Gasteiger partial charge is 0.257 e. The molecule has 2 heterocycles. The third-order valence-corrected chi connectivity index (χ3v) is 8.71. The summed E-state index contributed by atoms with van der Waals surface area (Å²) in [5.74, 6) is -0.317. The van der Waals surface area contributed by atoms with Crippen molar-refractivity contribution >= 4 is 45.0 Å². The molecule has 7 nitrogen and oxygen atoms in total. The first-order valence-electron chi connectivity index (χ1n) is 13.2. The van der Waals surface area contributed by atoms with Crippen molar-refractivity contribution in [1.29, 1.82) is 0 Å². The second-order valence-corrected chi connectivity index (χ2v) is 11.2. The Morgan fingerprint density at radius 3 is 2.54 bits per heavy atom. The zero-order valence-corrected chi connectivity index (χ0v) is 22.7. The Hall–Kier alpha value is -4.04. The molecule has 1 aromatic heterocycles. The van der Waals surface area contributed by atoms with Crippen LogP contribution in [0.3, 0.4) is 0 Å². The Morgan fingerprint density at radius 2 is 1.79 bits per heavy atom. The zero-order chi connectivity index (χ0) is 27.1. The standard InChI is InChI=1S/C31H29N3O4S/c1-19-10-15-25-27(16-19)39-29(32-25)20-11-13-23(14-12-20)34-28(35)18-26(31(34)37)33(22-7-3-4-8-22)30(36)21-6-5-9-24(17-21)38-2/h5-6,9-17,22,26H,3-4,7-8,18H2,1-2H3. The fourth-order valence-electron chi connectivity index (χ4n) is 5.66. The van der Waals surface area contributed by atoms with E-state index in [-0.39, 0.29) is 30.2 Å². The lowest BCUT2D eigenvalue weighted by Gasteiger charge is -2.33. The summed E-state index contributed by atoms with van der Waals surface area (Å²) in [6.45, 7) is 2.06. The van der Waals surface area contributed by atoms with E-state index in [2.05, 4.69) is 13.0 Å². The van der Waals surface area contributed by atoms with Gasteiger partial charge in [0.2, 0.25) is 5.91 Å². The third kappa shape index (κ3) is 4.69. The number of imide groups is 1. The molecule has 2 fully saturated rings. The van der Waals surface area contributed by atoms with Gasteiger partial charge >= 0.3 is 0 Å². The largest absolute Gasteiger partial charge is 0.497 e. The van der Waals surface area contributed by atoms with Crippen molar-refractivity contribution in [1.82, 2.24) is 9.88 Å². The van der Waals surface area contributed by atoms with Crippen molar-refractivity contribution in [3.05, 3.63) is 77.9 Å². The monoisotopic (exact) mass is 539 g/mol. The number of nitrogens with zero attached hydrogens (tertiary/aromatic N) is 3. The number of thiazole rings is 1. The third-order valence-electron chi connectivity index (χ3n) is 7.64. The quantitative estimate of drug-likeness (QED) is 0.281. The van der Waals surface area contributed by atoms with Gasteiger partial charge in [0.25, 0.3) is 11.8 Å². The Bertz CT molecular complexity index is 1570. The highest BCUT2D eigenvalue weighted by Crippen LogP contribution is 2.35. The average Bonchev–Trinajstić information content (AvgIpc) is 3.69. The Kier molecular flexibility index (Phi) is 6.64. The van der Waals surface area contributed by atoms with Crippen LogP contribution in [-0.4, -0.2) is 46.8 Å². The minimum Gasteiger partial charge on any atom is -0.497 e. The Balaban J connectivity index is 1.27. The van der Waals surface area contributed by atoms with Crippen LogP contribution in [0, 0.1) is 6.92 Å². The van der Waals surface area contributed by atoms with Crippen LogP contribution in [0.4, 0.5) is 5.69 Å². The van der Waals surface area contributed by atoms with E-state index in [1.165, 1.54) is 10.5 Å². The molecule has 1 saturated carbocycles. The van der Waals surface area contributed by atoms with E-state index in [1.54, 1.807) is 59.7 Å². The van der Waals surface area contributed by atoms with Crippen molar-refractivity contribution in [3.63, 3.8) is 0 Å². The first-order chi connectivity index (χ1) is 18.9. The molecule has 3 amide bonds. The number of methoxy groups -OCH3 is 1. The molecule has 0 N–H and O–H groups in total. The van der Waals surface area contributed by atoms with Crippen molar-refractivity contribution in [3.8, 4) is 16.3 Å². The molecule has 1 saturated heterocycles. The van der Waals surface area contributed by atoms with E-state index in [0.717, 1.165) is 46.5 Å². The number of carbonyl (C=O) groups excluding carboxylic acids is 3. The van der Waals surface area contributed by atoms with Gasteiger partial charge in [-0.3, -0.25) is 14.4 Å². The molecule has 2 aliphatic rings. The Morgan fingerprint density at radius 1 is 1.03 bits per heavy atom. The summed E-state index contributed by atoms with van der Waals surface area (Å²) < 4.78 is 6.43. The minimum atomic E-state index is -0.827. The van der Waals surface area contributed by atoms with Crippen LogP contribution in [0.1, 0.15) is 48.0 Å². The lowest BCUT2D eigenvalue weighted by molar-refractivity contribution is -0.123. The summed E-state index contributed by atoms with van der Waals surface area (Å²) in [5.41, 5.74) is 4.02. The summed E-state index contributed by atoms with van der Waals surface area (Å²) in [7, 11) is 1.55. The lowest BCUT2D eigenvalue weighted by Crippen LogP contribution is -2.50. The summed E-state index contributed by atoms with van der Waals surface area (Å²) in [5, 5.41) is 0.885. The summed E-state index contributed by atoms with van der Waals surface area (Å²) in [4.78, 5) is 48.4. The van der Waals surface area contributed by atoms with E-state index in [1.807, 2.05) is 24.3 Å². The maximum atomic E-state index is 13.8. The van der Waals surface area contributed by atoms with Gasteiger partial charge in [-0.25, -0.2) is 9.88 Å². The van der Waals surface area contributed by atoms with Crippen molar-refractivity contribution < 1.29 is 19.1 Å². The molecule has 8 heteroatoms. The number of anilines is 1. The normalized spacial score (nSPS) is 17.8. The first kappa shape index (κ1) is 25.2. The van der Waals surface area contributed by atoms with Gasteiger partial charge in [-0.2, -0.15) is 0 Å². The molecule has 1 unspecified atom stereocenters. The van der Waals surface area contributed by atoms with Gasteiger partial charge in [-0.15, -0.1) is 11.3 Å². The highest BCUT2D eigenvalue weighted by molar-refractivity contribution is 7.21. The van der Waals surface area contributed by atoms with Gasteiger partial charge in [0.05, 0.1) is 29.4 Å². The second kappa shape index (κ2) is 10.3. The fraction of sp³-hybridized carbons (Fsp3) is 0.290. The van der Waals surface area contributed by atoms with Gasteiger partial charge in [0.15, 0.2) is 0 Å². The molecule has 0 radical (unpaired) electrons. The molecule has 0 bridgehead atoms. The maximum Gasteiger partial charge on any atom is 0.257 e. The number of aryl methyl sites for hydroxylation is 1. The van der Waals surface area contributed by atoms with E-state index in [0.29, 0.717) is 17.0 Å². The maximum absolute atomic E-state index is 13.8. The molecule has 0 spiro atoms.